The lowest BCUT2D eigenvalue weighted by Gasteiger charge is -2.22. The molecule has 0 radical (unpaired) electrons. The smallest absolute Gasteiger partial charge is 0.410 e. The van der Waals surface area contributed by atoms with E-state index < -0.39 is 12.1 Å². The minimum atomic E-state index is -0.565. The SMILES string of the molecule is O=C(Nc1nc(-c2ccc(C(=S)NC3CC3)cc2)cs1)C1CCCN1C(=O)OCc1ccccc1. The van der Waals surface area contributed by atoms with Crippen LogP contribution in [0.5, 0.6) is 0 Å². The van der Waals surface area contributed by atoms with E-state index in [9.17, 15) is 9.59 Å². The van der Waals surface area contributed by atoms with Gasteiger partial charge in [0.2, 0.25) is 5.91 Å². The van der Waals surface area contributed by atoms with Crippen molar-refractivity contribution in [2.75, 3.05) is 11.9 Å². The molecule has 35 heavy (non-hydrogen) atoms. The highest BCUT2D eigenvalue weighted by Gasteiger charge is 2.35. The molecule has 5 rings (SSSR count). The first-order valence-electron chi connectivity index (χ1n) is 11.7. The second-order valence-corrected chi connectivity index (χ2v) is 10.0. The number of likely N-dealkylation sites (tertiary alicyclic amines) is 1. The van der Waals surface area contributed by atoms with Crippen molar-refractivity contribution in [1.82, 2.24) is 15.2 Å². The third-order valence-electron chi connectivity index (χ3n) is 6.08. The van der Waals surface area contributed by atoms with Gasteiger partial charge in [-0.3, -0.25) is 9.69 Å². The first kappa shape index (κ1) is 23.4. The summed E-state index contributed by atoms with van der Waals surface area (Å²) in [5, 5.41) is 8.63. The molecule has 1 unspecified atom stereocenters. The second kappa shape index (κ2) is 10.5. The Hall–Kier alpha value is -3.30. The first-order chi connectivity index (χ1) is 17.1. The topological polar surface area (TPSA) is 83.6 Å². The number of nitrogens with one attached hydrogen (secondary N) is 2. The Morgan fingerprint density at radius 2 is 1.86 bits per heavy atom. The van der Waals surface area contributed by atoms with Gasteiger partial charge in [0.1, 0.15) is 17.6 Å². The number of aromatic nitrogens is 1. The number of benzene rings is 2. The van der Waals surface area contributed by atoms with Gasteiger partial charge in [-0.25, -0.2) is 9.78 Å². The number of rotatable bonds is 7. The van der Waals surface area contributed by atoms with Gasteiger partial charge in [-0.05, 0) is 31.2 Å². The fourth-order valence-electron chi connectivity index (χ4n) is 4.00. The molecule has 2 fully saturated rings. The zero-order chi connectivity index (χ0) is 24.2. The predicted molar refractivity (Wildman–Crippen MR) is 140 cm³/mol. The molecular formula is C26H26N4O3S2. The van der Waals surface area contributed by atoms with Crippen LogP contribution in [-0.4, -0.2) is 45.5 Å². The third kappa shape index (κ3) is 5.86. The minimum absolute atomic E-state index is 0.181. The number of carbonyl (C=O) groups excluding carboxylic acids is 2. The Balaban J connectivity index is 1.17. The summed E-state index contributed by atoms with van der Waals surface area (Å²) in [6.45, 7) is 0.680. The molecule has 2 heterocycles. The monoisotopic (exact) mass is 506 g/mol. The number of hydrogen-bond acceptors (Lipinski definition) is 6. The zero-order valence-corrected chi connectivity index (χ0v) is 20.7. The van der Waals surface area contributed by atoms with Crippen molar-refractivity contribution < 1.29 is 14.3 Å². The molecule has 2 amide bonds. The molecule has 1 aliphatic carbocycles. The average molecular weight is 507 g/mol. The molecular weight excluding hydrogens is 480 g/mol. The van der Waals surface area contributed by atoms with E-state index in [0.717, 1.165) is 33.8 Å². The molecule has 1 saturated carbocycles. The standard InChI is InChI=1S/C26H26N4O3S2/c31-23(22-7-4-14-30(22)26(32)33-15-17-5-2-1-3-6-17)29-25-28-21(16-35-25)18-8-10-19(11-9-18)24(34)27-20-12-13-20/h1-3,5-6,8-11,16,20,22H,4,7,12-15H2,(H,27,34)(H,28,29,31). The number of thiazole rings is 1. The van der Waals surface area contributed by atoms with E-state index in [-0.39, 0.29) is 12.5 Å². The van der Waals surface area contributed by atoms with Gasteiger partial charge in [0.05, 0.1) is 5.69 Å². The van der Waals surface area contributed by atoms with Crippen LogP contribution < -0.4 is 10.6 Å². The number of carbonyl (C=O) groups is 2. The van der Waals surface area contributed by atoms with Crippen molar-refractivity contribution in [2.45, 2.75) is 44.4 Å². The molecule has 1 aromatic heterocycles. The number of thiocarbonyl (C=S) groups is 1. The van der Waals surface area contributed by atoms with Crippen molar-refractivity contribution in [1.29, 1.82) is 0 Å². The normalized spacial score (nSPS) is 17.1. The third-order valence-corrected chi connectivity index (χ3v) is 7.20. The van der Waals surface area contributed by atoms with Gasteiger partial charge in [0, 0.05) is 29.1 Å². The van der Waals surface area contributed by atoms with E-state index in [1.54, 1.807) is 0 Å². The Kier molecular flexibility index (Phi) is 7.06. The molecule has 2 aliphatic rings. The summed E-state index contributed by atoms with van der Waals surface area (Å²) in [6.07, 6.45) is 3.24. The lowest BCUT2D eigenvalue weighted by molar-refractivity contribution is -0.120. The summed E-state index contributed by atoms with van der Waals surface area (Å²) >= 11 is 6.82. The van der Waals surface area contributed by atoms with E-state index in [0.29, 0.717) is 24.1 Å². The maximum Gasteiger partial charge on any atom is 0.410 e. The first-order valence-corrected chi connectivity index (χ1v) is 13.0. The van der Waals surface area contributed by atoms with E-state index in [4.69, 9.17) is 17.0 Å². The number of amides is 2. The Bertz CT molecular complexity index is 1210. The van der Waals surface area contributed by atoms with Crippen molar-refractivity contribution in [3.63, 3.8) is 0 Å². The molecule has 3 aromatic rings. The quantitative estimate of drug-likeness (QED) is 0.440. The molecule has 9 heteroatoms. The van der Waals surface area contributed by atoms with Crippen molar-refractivity contribution in [3.05, 3.63) is 71.1 Å². The Morgan fingerprint density at radius 1 is 1.09 bits per heavy atom. The van der Waals surface area contributed by atoms with Crippen LogP contribution >= 0.6 is 23.6 Å². The Morgan fingerprint density at radius 3 is 2.60 bits per heavy atom. The number of hydrogen-bond donors (Lipinski definition) is 2. The molecule has 180 valence electrons. The summed E-state index contributed by atoms with van der Waals surface area (Å²) in [6, 6.07) is 17.4. The molecule has 1 aliphatic heterocycles. The summed E-state index contributed by atoms with van der Waals surface area (Å²) < 4.78 is 5.44. The van der Waals surface area contributed by atoms with Crippen LogP contribution in [0.15, 0.2) is 60.0 Å². The lowest BCUT2D eigenvalue weighted by Crippen LogP contribution is -2.43. The number of anilines is 1. The summed E-state index contributed by atoms with van der Waals surface area (Å²) in [5.74, 6) is -0.244. The van der Waals surface area contributed by atoms with Gasteiger partial charge < -0.3 is 15.4 Å². The van der Waals surface area contributed by atoms with Gasteiger partial charge in [0.25, 0.3) is 0 Å². The highest BCUT2D eigenvalue weighted by Crippen LogP contribution is 2.27. The van der Waals surface area contributed by atoms with Crippen LogP contribution in [0.3, 0.4) is 0 Å². The van der Waals surface area contributed by atoms with Crippen LogP contribution in [-0.2, 0) is 16.1 Å². The largest absolute Gasteiger partial charge is 0.445 e. The zero-order valence-electron chi connectivity index (χ0n) is 19.1. The fourth-order valence-corrected chi connectivity index (χ4v) is 5.03. The van der Waals surface area contributed by atoms with Gasteiger partial charge in [-0.1, -0.05) is 66.8 Å². The number of nitrogens with zero attached hydrogens (tertiary/aromatic N) is 2. The van der Waals surface area contributed by atoms with Gasteiger partial charge in [-0.2, -0.15) is 0 Å². The molecule has 1 saturated heterocycles. The molecule has 2 aromatic carbocycles. The van der Waals surface area contributed by atoms with Crippen LogP contribution in [0.2, 0.25) is 0 Å². The van der Waals surface area contributed by atoms with Crippen LogP contribution in [0.1, 0.15) is 36.8 Å². The molecule has 1 atom stereocenters. The predicted octanol–water partition coefficient (Wildman–Crippen LogP) is 4.98. The maximum absolute atomic E-state index is 12.9. The Labute approximate surface area is 213 Å². The molecule has 0 bridgehead atoms. The van der Waals surface area contributed by atoms with E-state index in [1.165, 1.54) is 29.1 Å². The van der Waals surface area contributed by atoms with Crippen LogP contribution in [0.25, 0.3) is 11.3 Å². The van der Waals surface area contributed by atoms with Gasteiger partial charge >= 0.3 is 6.09 Å². The van der Waals surface area contributed by atoms with Crippen molar-refractivity contribution >= 4 is 45.7 Å². The van der Waals surface area contributed by atoms with Gasteiger partial charge in [0.15, 0.2) is 5.13 Å². The summed E-state index contributed by atoms with van der Waals surface area (Å²) in [7, 11) is 0. The molecule has 7 nitrogen and oxygen atoms in total. The summed E-state index contributed by atoms with van der Waals surface area (Å²) in [4.78, 5) is 32.4. The van der Waals surface area contributed by atoms with Crippen LogP contribution in [0.4, 0.5) is 9.93 Å². The molecule has 0 spiro atoms. The van der Waals surface area contributed by atoms with Crippen molar-refractivity contribution in [3.8, 4) is 11.3 Å². The lowest BCUT2D eigenvalue weighted by atomic mass is 10.1. The maximum atomic E-state index is 12.9. The highest BCUT2D eigenvalue weighted by molar-refractivity contribution is 7.80. The fraction of sp³-hybridized carbons (Fsp3) is 0.308. The van der Waals surface area contributed by atoms with Crippen LogP contribution in [0, 0.1) is 0 Å². The minimum Gasteiger partial charge on any atom is -0.445 e. The van der Waals surface area contributed by atoms with Crippen molar-refractivity contribution in [2.24, 2.45) is 0 Å². The highest BCUT2D eigenvalue weighted by atomic mass is 32.1. The van der Waals surface area contributed by atoms with Gasteiger partial charge in [-0.15, -0.1) is 11.3 Å². The van der Waals surface area contributed by atoms with E-state index in [2.05, 4.69) is 15.6 Å². The number of ether oxygens (including phenoxy) is 1. The summed E-state index contributed by atoms with van der Waals surface area (Å²) in [5.41, 5.74) is 3.63. The average Bonchev–Trinajstić information content (AvgIpc) is 3.35. The molecule has 2 N–H and O–H groups in total. The van der Waals surface area contributed by atoms with E-state index >= 15 is 0 Å². The van der Waals surface area contributed by atoms with E-state index in [1.807, 2.05) is 60.0 Å². The second-order valence-electron chi connectivity index (χ2n) is 8.74.